The minimum Gasteiger partial charge on any atom is -0.476 e. The van der Waals surface area contributed by atoms with Crippen LogP contribution in [-0.4, -0.2) is 32.0 Å². The molecule has 0 bridgehead atoms. The van der Waals surface area contributed by atoms with E-state index in [9.17, 15) is 9.59 Å². The number of anilines is 1. The first kappa shape index (κ1) is 14.0. The van der Waals surface area contributed by atoms with Gasteiger partial charge in [-0.15, -0.1) is 5.10 Å². The number of aromatic nitrogens is 3. The summed E-state index contributed by atoms with van der Waals surface area (Å²) in [5.41, 5.74) is 1.26. The van der Waals surface area contributed by atoms with Crippen LogP contribution in [0.15, 0.2) is 24.4 Å². The molecule has 2 aromatic rings. The van der Waals surface area contributed by atoms with Crippen LogP contribution in [0, 0.1) is 6.92 Å². The highest BCUT2D eigenvalue weighted by molar-refractivity contribution is 6.30. The van der Waals surface area contributed by atoms with Gasteiger partial charge in [-0.05, 0) is 30.7 Å². The Morgan fingerprint density at radius 1 is 1.45 bits per heavy atom. The molecular weight excluding hydrogens is 284 g/mol. The molecule has 0 fully saturated rings. The van der Waals surface area contributed by atoms with Crippen LogP contribution in [0.1, 0.15) is 16.1 Å². The van der Waals surface area contributed by atoms with E-state index in [2.05, 4.69) is 15.6 Å². The molecule has 0 spiro atoms. The van der Waals surface area contributed by atoms with Crippen molar-refractivity contribution in [2.24, 2.45) is 0 Å². The summed E-state index contributed by atoms with van der Waals surface area (Å²) >= 11 is 5.82. The van der Waals surface area contributed by atoms with E-state index in [0.29, 0.717) is 10.7 Å². The van der Waals surface area contributed by atoms with Crippen molar-refractivity contribution in [1.29, 1.82) is 0 Å². The van der Waals surface area contributed by atoms with E-state index in [1.807, 2.05) is 6.92 Å². The molecule has 0 atom stereocenters. The number of carbonyl (C=O) groups is 2. The van der Waals surface area contributed by atoms with Crippen molar-refractivity contribution in [1.82, 2.24) is 15.0 Å². The number of amides is 1. The van der Waals surface area contributed by atoms with Crippen LogP contribution in [-0.2, 0) is 11.3 Å². The molecule has 0 aliphatic rings. The monoisotopic (exact) mass is 294 g/mol. The lowest BCUT2D eigenvalue weighted by Crippen LogP contribution is -2.19. The van der Waals surface area contributed by atoms with E-state index in [0.717, 1.165) is 10.2 Å². The summed E-state index contributed by atoms with van der Waals surface area (Å²) in [6.45, 7) is 1.70. The Balaban J connectivity index is 2.03. The Bertz CT molecular complexity index is 668. The van der Waals surface area contributed by atoms with Gasteiger partial charge in [0.1, 0.15) is 6.54 Å². The zero-order chi connectivity index (χ0) is 14.7. The number of benzene rings is 1. The predicted octanol–water partition coefficient (Wildman–Crippen LogP) is 1.58. The molecule has 0 aliphatic carbocycles. The summed E-state index contributed by atoms with van der Waals surface area (Å²) in [6.07, 6.45) is 1.19. The van der Waals surface area contributed by atoms with Crippen molar-refractivity contribution in [2.75, 3.05) is 5.32 Å². The molecule has 1 amide bonds. The number of halogens is 1. The third-order valence-corrected chi connectivity index (χ3v) is 2.76. The van der Waals surface area contributed by atoms with Crippen LogP contribution in [0.2, 0.25) is 5.02 Å². The van der Waals surface area contributed by atoms with Gasteiger partial charge >= 0.3 is 5.97 Å². The largest absolute Gasteiger partial charge is 0.476 e. The van der Waals surface area contributed by atoms with Gasteiger partial charge in [0.25, 0.3) is 0 Å². The van der Waals surface area contributed by atoms with Crippen molar-refractivity contribution in [3.05, 3.63) is 40.7 Å². The van der Waals surface area contributed by atoms with Gasteiger partial charge in [0, 0.05) is 10.7 Å². The molecule has 7 nitrogen and oxygen atoms in total. The van der Waals surface area contributed by atoms with Gasteiger partial charge in [0.15, 0.2) is 5.69 Å². The smallest absolute Gasteiger partial charge is 0.358 e. The molecule has 0 radical (unpaired) electrons. The van der Waals surface area contributed by atoms with E-state index in [-0.39, 0.29) is 18.1 Å². The number of carboxylic acid groups (broad SMARTS) is 1. The first-order valence-corrected chi connectivity index (χ1v) is 6.03. The van der Waals surface area contributed by atoms with E-state index >= 15 is 0 Å². The molecule has 2 rings (SSSR count). The van der Waals surface area contributed by atoms with Gasteiger partial charge in [-0.25, -0.2) is 9.48 Å². The normalized spacial score (nSPS) is 10.3. The Kier molecular flexibility index (Phi) is 3.99. The highest BCUT2D eigenvalue weighted by Gasteiger charge is 2.11. The number of hydrogen-bond acceptors (Lipinski definition) is 4. The average molecular weight is 295 g/mol. The lowest BCUT2D eigenvalue weighted by Gasteiger charge is -2.08. The van der Waals surface area contributed by atoms with E-state index in [1.165, 1.54) is 6.20 Å². The summed E-state index contributed by atoms with van der Waals surface area (Å²) in [5, 5.41) is 19.0. The number of hydrogen-bond donors (Lipinski definition) is 2. The third-order valence-electron chi connectivity index (χ3n) is 2.53. The first-order valence-electron chi connectivity index (χ1n) is 5.65. The Morgan fingerprint density at radius 2 is 2.20 bits per heavy atom. The molecule has 1 aromatic heterocycles. The second-order valence-electron chi connectivity index (χ2n) is 4.11. The standard InChI is InChI=1S/C12H11ClN4O3/c1-7-4-8(13)2-3-9(7)14-11(18)6-17-5-10(12(19)20)15-16-17/h2-5H,6H2,1H3,(H,14,18)(H,19,20). The Hall–Kier alpha value is -2.41. The number of nitrogens with one attached hydrogen (secondary N) is 1. The number of aryl methyl sites for hydroxylation is 1. The fourth-order valence-electron chi connectivity index (χ4n) is 1.58. The molecule has 0 aliphatic heterocycles. The third kappa shape index (κ3) is 3.33. The van der Waals surface area contributed by atoms with Gasteiger partial charge in [-0.1, -0.05) is 16.8 Å². The van der Waals surface area contributed by atoms with Gasteiger partial charge in [0.05, 0.1) is 6.20 Å². The van der Waals surface area contributed by atoms with Crippen LogP contribution < -0.4 is 5.32 Å². The van der Waals surface area contributed by atoms with Crippen molar-refractivity contribution >= 4 is 29.2 Å². The molecule has 0 saturated carbocycles. The van der Waals surface area contributed by atoms with Crippen molar-refractivity contribution < 1.29 is 14.7 Å². The number of aromatic carboxylic acids is 1. The lowest BCUT2D eigenvalue weighted by molar-refractivity contribution is -0.116. The Morgan fingerprint density at radius 3 is 2.80 bits per heavy atom. The van der Waals surface area contributed by atoms with Gasteiger partial charge in [-0.2, -0.15) is 0 Å². The molecule has 0 saturated heterocycles. The SMILES string of the molecule is Cc1cc(Cl)ccc1NC(=O)Cn1cc(C(=O)O)nn1. The maximum Gasteiger partial charge on any atom is 0.358 e. The van der Waals surface area contributed by atoms with Crippen LogP contribution in [0.5, 0.6) is 0 Å². The molecular formula is C12H11ClN4O3. The molecule has 2 N–H and O–H groups in total. The van der Waals surface area contributed by atoms with E-state index < -0.39 is 5.97 Å². The van der Waals surface area contributed by atoms with Gasteiger partial charge < -0.3 is 10.4 Å². The average Bonchev–Trinajstić information content (AvgIpc) is 2.81. The summed E-state index contributed by atoms with van der Waals surface area (Å²) in [7, 11) is 0. The van der Waals surface area contributed by atoms with Crippen LogP contribution >= 0.6 is 11.6 Å². The second-order valence-corrected chi connectivity index (χ2v) is 4.55. The Labute approximate surface area is 119 Å². The zero-order valence-electron chi connectivity index (χ0n) is 10.5. The van der Waals surface area contributed by atoms with Crippen LogP contribution in [0.25, 0.3) is 0 Å². The highest BCUT2D eigenvalue weighted by atomic mass is 35.5. The summed E-state index contributed by atoms with van der Waals surface area (Å²) < 4.78 is 1.16. The topological polar surface area (TPSA) is 97.1 Å². The lowest BCUT2D eigenvalue weighted by atomic mass is 10.2. The number of nitrogens with zero attached hydrogens (tertiary/aromatic N) is 3. The van der Waals surface area contributed by atoms with E-state index in [1.54, 1.807) is 18.2 Å². The molecule has 0 unspecified atom stereocenters. The maximum atomic E-state index is 11.8. The molecule has 104 valence electrons. The molecule has 8 heteroatoms. The fraction of sp³-hybridized carbons (Fsp3) is 0.167. The molecule has 1 heterocycles. The zero-order valence-corrected chi connectivity index (χ0v) is 11.3. The van der Waals surface area contributed by atoms with E-state index in [4.69, 9.17) is 16.7 Å². The number of rotatable bonds is 4. The quantitative estimate of drug-likeness (QED) is 0.892. The first-order chi connectivity index (χ1) is 9.45. The fourth-order valence-corrected chi connectivity index (χ4v) is 1.80. The minimum atomic E-state index is -1.19. The summed E-state index contributed by atoms with van der Waals surface area (Å²) in [5.74, 6) is -1.53. The molecule has 20 heavy (non-hydrogen) atoms. The van der Waals surface area contributed by atoms with Crippen molar-refractivity contribution in [2.45, 2.75) is 13.5 Å². The summed E-state index contributed by atoms with van der Waals surface area (Å²) in [4.78, 5) is 22.5. The summed E-state index contributed by atoms with van der Waals surface area (Å²) in [6, 6.07) is 5.09. The van der Waals surface area contributed by atoms with Gasteiger partial charge in [0.2, 0.25) is 5.91 Å². The second kappa shape index (κ2) is 5.70. The highest BCUT2D eigenvalue weighted by Crippen LogP contribution is 2.19. The number of carboxylic acids is 1. The number of carbonyl (C=O) groups excluding carboxylic acids is 1. The minimum absolute atomic E-state index is 0.123. The van der Waals surface area contributed by atoms with Crippen molar-refractivity contribution in [3.8, 4) is 0 Å². The van der Waals surface area contributed by atoms with Crippen LogP contribution in [0.3, 0.4) is 0 Å². The molecule has 1 aromatic carbocycles. The van der Waals surface area contributed by atoms with Crippen LogP contribution in [0.4, 0.5) is 5.69 Å². The predicted molar refractivity (Wildman–Crippen MR) is 71.8 cm³/mol. The maximum absolute atomic E-state index is 11.8. The van der Waals surface area contributed by atoms with Gasteiger partial charge in [-0.3, -0.25) is 4.79 Å². The van der Waals surface area contributed by atoms with Crippen molar-refractivity contribution in [3.63, 3.8) is 0 Å².